The summed E-state index contributed by atoms with van der Waals surface area (Å²) in [6.45, 7) is 5.59. The minimum absolute atomic E-state index is 0.177. The second-order valence-electron chi connectivity index (χ2n) is 2.62. The third-order valence-corrected chi connectivity index (χ3v) is 1.65. The molecule has 0 aliphatic rings. The summed E-state index contributed by atoms with van der Waals surface area (Å²) in [5.41, 5.74) is 0. The standard InChI is InChI=1S/C10H16O3/c1-4-7-9(11)8(5-2)10(12)13-6-3/h4,7-8H,5-6H2,1-3H3/b7-4+. The quantitative estimate of drug-likeness (QED) is 0.371. The van der Waals surface area contributed by atoms with Gasteiger partial charge in [0.15, 0.2) is 5.78 Å². The lowest BCUT2D eigenvalue weighted by Crippen LogP contribution is -2.24. The number of hydrogen-bond acceptors (Lipinski definition) is 3. The molecule has 0 aromatic rings. The Kier molecular flexibility index (Phi) is 5.85. The number of hydrogen-bond donors (Lipinski definition) is 0. The molecule has 0 aromatic heterocycles. The predicted molar refractivity (Wildman–Crippen MR) is 50.2 cm³/mol. The summed E-state index contributed by atoms with van der Waals surface area (Å²) in [6.07, 6.45) is 3.53. The molecule has 0 saturated carbocycles. The Hall–Kier alpha value is -1.12. The van der Waals surface area contributed by atoms with Crippen LogP contribution in [0.4, 0.5) is 0 Å². The SMILES string of the molecule is C/C=C/C(=O)C(CC)C(=O)OCC. The van der Waals surface area contributed by atoms with E-state index in [0.29, 0.717) is 13.0 Å². The molecule has 0 radical (unpaired) electrons. The Morgan fingerprint density at radius 1 is 1.38 bits per heavy atom. The van der Waals surface area contributed by atoms with Crippen molar-refractivity contribution >= 4 is 11.8 Å². The second kappa shape index (κ2) is 6.40. The molecule has 0 amide bonds. The van der Waals surface area contributed by atoms with Gasteiger partial charge >= 0.3 is 5.97 Å². The van der Waals surface area contributed by atoms with Crippen molar-refractivity contribution in [3.63, 3.8) is 0 Å². The van der Waals surface area contributed by atoms with Gasteiger partial charge in [-0.3, -0.25) is 9.59 Å². The largest absolute Gasteiger partial charge is 0.465 e. The van der Waals surface area contributed by atoms with Crippen LogP contribution >= 0.6 is 0 Å². The molecule has 0 aliphatic carbocycles. The van der Waals surface area contributed by atoms with Crippen molar-refractivity contribution in [3.8, 4) is 0 Å². The minimum Gasteiger partial charge on any atom is -0.465 e. The molecular weight excluding hydrogens is 168 g/mol. The maximum Gasteiger partial charge on any atom is 0.316 e. The van der Waals surface area contributed by atoms with E-state index in [9.17, 15) is 9.59 Å². The predicted octanol–water partition coefficient (Wildman–Crippen LogP) is 1.72. The van der Waals surface area contributed by atoms with E-state index >= 15 is 0 Å². The van der Waals surface area contributed by atoms with Gasteiger partial charge in [-0.15, -0.1) is 0 Å². The summed E-state index contributed by atoms with van der Waals surface area (Å²) in [6, 6.07) is 0. The van der Waals surface area contributed by atoms with Crippen molar-refractivity contribution in [1.29, 1.82) is 0 Å². The van der Waals surface area contributed by atoms with Crippen LogP contribution in [0.15, 0.2) is 12.2 Å². The first-order chi connectivity index (χ1) is 6.17. The third kappa shape index (κ3) is 3.87. The van der Waals surface area contributed by atoms with Crippen LogP contribution in [0.25, 0.3) is 0 Å². The van der Waals surface area contributed by atoms with Gasteiger partial charge in [-0.25, -0.2) is 0 Å². The molecule has 0 saturated heterocycles. The molecule has 1 unspecified atom stereocenters. The summed E-state index contributed by atoms with van der Waals surface area (Å²) < 4.78 is 4.77. The number of esters is 1. The Bertz CT molecular complexity index is 206. The fourth-order valence-electron chi connectivity index (χ4n) is 1.01. The van der Waals surface area contributed by atoms with Gasteiger partial charge in [0.25, 0.3) is 0 Å². The summed E-state index contributed by atoms with van der Waals surface area (Å²) in [5, 5.41) is 0. The molecule has 74 valence electrons. The summed E-state index contributed by atoms with van der Waals surface area (Å²) >= 11 is 0. The molecule has 3 nitrogen and oxygen atoms in total. The van der Waals surface area contributed by atoms with Crippen LogP contribution in [0, 0.1) is 5.92 Å². The van der Waals surface area contributed by atoms with Crippen LogP contribution in [0.5, 0.6) is 0 Å². The fraction of sp³-hybridized carbons (Fsp3) is 0.600. The Balaban J connectivity index is 4.32. The van der Waals surface area contributed by atoms with Crippen molar-refractivity contribution < 1.29 is 14.3 Å². The first-order valence-corrected chi connectivity index (χ1v) is 4.50. The summed E-state index contributed by atoms with van der Waals surface area (Å²) in [5.74, 6) is -1.23. The Morgan fingerprint density at radius 2 is 2.00 bits per heavy atom. The van der Waals surface area contributed by atoms with E-state index in [1.165, 1.54) is 6.08 Å². The van der Waals surface area contributed by atoms with E-state index in [1.54, 1.807) is 26.8 Å². The van der Waals surface area contributed by atoms with Gasteiger partial charge in [-0.05, 0) is 26.3 Å². The first kappa shape index (κ1) is 11.9. The van der Waals surface area contributed by atoms with Gasteiger partial charge in [0.2, 0.25) is 0 Å². The maximum absolute atomic E-state index is 11.3. The third-order valence-electron chi connectivity index (χ3n) is 1.65. The average molecular weight is 184 g/mol. The Morgan fingerprint density at radius 3 is 2.38 bits per heavy atom. The van der Waals surface area contributed by atoms with Crippen LogP contribution in [0.2, 0.25) is 0 Å². The topological polar surface area (TPSA) is 43.4 Å². The highest BCUT2D eigenvalue weighted by atomic mass is 16.5. The summed E-state index contributed by atoms with van der Waals surface area (Å²) in [4.78, 5) is 22.5. The van der Waals surface area contributed by atoms with Crippen LogP contribution in [0.1, 0.15) is 27.2 Å². The van der Waals surface area contributed by atoms with E-state index in [-0.39, 0.29) is 5.78 Å². The van der Waals surface area contributed by atoms with Crippen molar-refractivity contribution in [3.05, 3.63) is 12.2 Å². The average Bonchev–Trinajstić information content (AvgIpc) is 2.06. The Labute approximate surface area is 78.8 Å². The number of carbonyl (C=O) groups is 2. The van der Waals surface area contributed by atoms with Crippen molar-refractivity contribution in [2.45, 2.75) is 27.2 Å². The lowest BCUT2D eigenvalue weighted by molar-refractivity contribution is -0.150. The van der Waals surface area contributed by atoms with Crippen molar-refractivity contribution in [2.24, 2.45) is 5.92 Å². The zero-order valence-corrected chi connectivity index (χ0v) is 8.37. The minimum atomic E-state index is -0.629. The number of rotatable bonds is 5. The van der Waals surface area contributed by atoms with Gasteiger partial charge in [-0.2, -0.15) is 0 Å². The smallest absolute Gasteiger partial charge is 0.316 e. The molecule has 3 heteroatoms. The molecule has 1 atom stereocenters. The van der Waals surface area contributed by atoms with Crippen LogP contribution in [0.3, 0.4) is 0 Å². The number of allylic oxidation sites excluding steroid dienone is 2. The highest BCUT2D eigenvalue weighted by Gasteiger charge is 2.23. The van der Waals surface area contributed by atoms with Crippen LogP contribution in [-0.2, 0) is 14.3 Å². The molecule has 0 N–H and O–H groups in total. The van der Waals surface area contributed by atoms with Crippen LogP contribution < -0.4 is 0 Å². The molecule has 0 heterocycles. The molecular formula is C10H16O3. The molecule has 0 aliphatic heterocycles. The molecule has 0 fully saturated rings. The van der Waals surface area contributed by atoms with Gasteiger partial charge in [0.1, 0.15) is 5.92 Å². The summed E-state index contributed by atoms with van der Waals surface area (Å²) in [7, 11) is 0. The van der Waals surface area contributed by atoms with Gasteiger partial charge in [0, 0.05) is 0 Å². The normalized spacial score (nSPS) is 12.8. The number of ketones is 1. The van der Waals surface area contributed by atoms with E-state index in [1.807, 2.05) is 0 Å². The molecule has 0 rings (SSSR count). The second-order valence-corrected chi connectivity index (χ2v) is 2.62. The van der Waals surface area contributed by atoms with E-state index in [0.717, 1.165) is 0 Å². The van der Waals surface area contributed by atoms with Crippen molar-refractivity contribution in [1.82, 2.24) is 0 Å². The number of carbonyl (C=O) groups excluding carboxylic acids is 2. The monoisotopic (exact) mass is 184 g/mol. The highest BCUT2D eigenvalue weighted by Crippen LogP contribution is 2.07. The zero-order valence-electron chi connectivity index (χ0n) is 8.37. The van der Waals surface area contributed by atoms with Gasteiger partial charge in [-0.1, -0.05) is 13.0 Å². The molecule has 0 bridgehead atoms. The lowest BCUT2D eigenvalue weighted by atomic mass is 10.0. The van der Waals surface area contributed by atoms with Crippen molar-refractivity contribution in [2.75, 3.05) is 6.61 Å². The fourth-order valence-corrected chi connectivity index (χ4v) is 1.01. The molecule has 0 spiro atoms. The van der Waals surface area contributed by atoms with Gasteiger partial charge in [0.05, 0.1) is 6.61 Å². The van der Waals surface area contributed by atoms with E-state index in [2.05, 4.69) is 0 Å². The molecule has 13 heavy (non-hydrogen) atoms. The van der Waals surface area contributed by atoms with E-state index in [4.69, 9.17) is 4.74 Å². The van der Waals surface area contributed by atoms with Gasteiger partial charge < -0.3 is 4.74 Å². The zero-order chi connectivity index (χ0) is 10.3. The first-order valence-electron chi connectivity index (χ1n) is 4.50. The lowest BCUT2D eigenvalue weighted by Gasteiger charge is -2.09. The van der Waals surface area contributed by atoms with Crippen LogP contribution in [-0.4, -0.2) is 18.4 Å². The maximum atomic E-state index is 11.3. The molecule has 0 aromatic carbocycles. The highest BCUT2D eigenvalue weighted by molar-refractivity contribution is 6.04. The van der Waals surface area contributed by atoms with E-state index < -0.39 is 11.9 Å². The number of ether oxygens (including phenoxy) is 1.